The minimum atomic E-state index is 0.928. The number of rotatable bonds is 7. The lowest BCUT2D eigenvalue weighted by Gasteiger charge is -2.04. The molecule has 0 aliphatic heterocycles. The third-order valence-corrected chi connectivity index (χ3v) is 4.80. The Morgan fingerprint density at radius 2 is 1.81 bits per heavy atom. The standard InChI is InChI=1S/C25H30N2/c1-8-14-17-21-18(11-4)19(12-5)25(26-21)24-20(13-6)22(15-9-2)27(7)23(24)16-10-3/h8-10,12-17,26H,1-2,5,11H2,3-4,6-7H3/b16-10-,17-14-,20-13+,22-15+. The fourth-order valence-electron chi connectivity index (χ4n) is 3.65. The normalized spacial score (nSPS) is 13.2. The van der Waals surface area contributed by atoms with Crippen molar-refractivity contribution in [3.05, 3.63) is 77.1 Å². The lowest BCUT2D eigenvalue weighted by Crippen LogP contribution is -2.28. The van der Waals surface area contributed by atoms with Crippen LogP contribution in [0.25, 0.3) is 41.6 Å². The Hall–Kier alpha value is -3.00. The van der Waals surface area contributed by atoms with E-state index < -0.39 is 0 Å². The molecule has 0 fully saturated rings. The highest BCUT2D eigenvalue weighted by Crippen LogP contribution is 2.31. The third kappa shape index (κ3) is 3.61. The van der Waals surface area contributed by atoms with Crippen LogP contribution in [0, 0.1) is 0 Å². The van der Waals surface area contributed by atoms with E-state index in [0.717, 1.165) is 34.4 Å². The minimum absolute atomic E-state index is 0.928. The Kier molecular flexibility index (Phi) is 6.84. The SMILES string of the molecule is C=C/C=C\c1[nH]c(-c2c(/C=C\C)n(C)c(=C/C=C)/c2=C\C)c(C=C)c1CC. The van der Waals surface area contributed by atoms with Crippen LogP contribution in [0.1, 0.15) is 43.3 Å². The number of hydrogen-bond donors (Lipinski definition) is 1. The van der Waals surface area contributed by atoms with Crippen molar-refractivity contribution >= 4 is 30.4 Å². The Bertz CT molecular complexity index is 1030. The molecule has 27 heavy (non-hydrogen) atoms. The molecule has 0 bridgehead atoms. The average molecular weight is 359 g/mol. The number of nitrogens with zero attached hydrogens (tertiary/aromatic N) is 1. The molecule has 0 radical (unpaired) electrons. The third-order valence-electron chi connectivity index (χ3n) is 4.80. The van der Waals surface area contributed by atoms with E-state index in [1.54, 1.807) is 6.08 Å². The summed E-state index contributed by atoms with van der Waals surface area (Å²) in [5.41, 5.74) is 6.98. The number of aromatic nitrogens is 2. The largest absolute Gasteiger partial charge is 0.354 e. The summed E-state index contributed by atoms with van der Waals surface area (Å²) in [5, 5.41) is 2.33. The molecule has 2 heteroatoms. The van der Waals surface area contributed by atoms with Gasteiger partial charge in [-0.05, 0) is 44.1 Å². The second kappa shape index (κ2) is 9.09. The molecule has 0 atom stereocenters. The van der Waals surface area contributed by atoms with Crippen LogP contribution in [0.4, 0.5) is 0 Å². The molecule has 0 amide bonds. The molecule has 0 aliphatic rings. The quantitative estimate of drug-likeness (QED) is 0.655. The molecule has 140 valence electrons. The van der Waals surface area contributed by atoms with Gasteiger partial charge in [-0.25, -0.2) is 0 Å². The summed E-state index contributed by atoms with van der Waals surface area (Å²) in [6.07, 6.45) is 19.0. The zero-order valence-electron chi connectivity index (χ0n) is 17.0. The van der Waals surface area contributed by atoms with Gasteiger partial charge >= 0.3 is 0 Å². The van der Waals surface area contributed by atoms with Crippen molar-refractivity contribution in [3.63, 3.8) is 0 Å². The maximum atomic E-state index is 4.09. The summed E-state index contributed by atoms with van der Waals surface area (Å²) in [7, 11) is 2.09. The number of hydrogen-bond acceptors (Lipinski definition) is 0. The van der Waals surface area contributed by atoms with Crippen LogP contribution in [0.2, 0.25) is 0 Å². The van der Waals surface area contributed by atoms with Gasteiger partial charge in [0.05, 0.1) is 11.4 Å². The summed E-state index contributed by atoms with van der Waals surface area (Å²) >= 11 is 0. The van der Waals surface area contributed by atoms with E-state index in [1.807, 2.05) is 25.2 Å². The van der Waals surface area contributed by atoms with Gasteiger partial charge in [-0.2, -0.15) is 0 Å². The van der Waals surface area contributed by atoms with E-state index in [4.69, 9.17) is 0 Å². The average Bonchev–Trinajstić information content (AvgIpc) is 3.15. The fourth-order valence-corrected chi connectivity index (χ4v) is 3.65. The zero-order chi connectivity index (χ0) is 20.0. The maximum absolute atomic E-state index is 4.09. The minimum Gasteiger partial charge on any atom is -0.354 e. The van der Waals surface area contributed by atoms with E-state index in [0.29, 0.717) is 0 Å². The lowest BCUT2D eigenvalue weighted by atomic mass is 10.0. The van der Waals surface area contributed by atoms with Crippen molar-refractivity contribution in [1.29, 1.82) is 0 Å². The maximum Gasteiger partial charge on any atom is 0.0562 e. The topological polar surface area (TPSA) is 20.7 Å². The number of aromatic amines is 1. The zero-order valence-corrected chi connectivity index (χ0v) is 17.0. The Balaban J connectivity index is 3.04. The summed E-state index contributed by atoms with van der Waals surface area (Å²) in [6, 6.07) is 0. The second-order valence-corrected chi connectivity index (χ2v) is 6.27. The molecule has 0 aromatic carbocycles. The lowest BCUT2D eigenvalue weighted by molar-refractivity contribution is 0.877. The predicted molar refractivity (Wildman–Crippen MR) is 123 cm³/mol. The molecule has 0 unspecified atom stereocenters. The summed E-state index contributed by atoms with van der Waals surface area (Å²) in [5.74, 6) is 0. The first-order valence-electron chi connectivity index (χ1n) is 9.36. The summed E-state index contributed by atoms with van der Waals surface area (Å²) in [4.78, 5) is 3.65. The fraction of sp³-hybridized carbons (Fsp3) is 0.200. The molecule has 2 rings (SSSR count). The molecule has 0 aliphatic carbocycles. The number of allylic oxidation sites excluding steroid dienone is 4. The monoisotopic (exact) mass is 358 g/mol. The predicted octanol–water partition coefficient (Wildman–Crippen LogP) is 5.22. The van der Waals surface area contributed by atoms with E-state index in [2.05, 4.69) is 80.6 Å². The van der Waals surface area contributed by atoms with Crippen LogP contribution < -0.4 is 10.6 Å². The van der Waals surface area contributed by atoms with Crippen LogP contribution in [-0.4, -0.2) is 9.55 Å². The van der Waals surface area contributed by atoms with E-state index in [9.17, 15) is 0 Å². The molecule has 2 aromatic heterocycles. The van der Waals surface area contributed by atoms with Crippen molar-refractivity contribution in [2.75, 3.05) is 0 Å². The second-order valence-electron chi connectivity index (χ2n) is 6.27. The molecular weight excluding hydrogens is 328 g/mol. The summed E-state index contributed by atoms with van der Waals surface area (Å²) in [6.45, 7) is 18.1. The smallest absolute Gasteiger partial charge is 0.0562 e. The Morgan fingerprint density at radius 1 is 1.07 bits per heavy atom. The molecule has 2 aromatic rings. The van der Waals surface area contributed by atoms with Crippen LogP contribution in [0.5, 0.6) is 0 Å². The van der Waals surface area contributed by atoms with Gasteiger partial charge in [-0.3, -0.25) is 0 Å². The Morgan fingerprint density at radius 3 is 2.33 bits per heavy atom. The highest BCUT2D eigenvalue weighted by Gasteiger charge is 2.19. The molecule has 0 saturated carbocycles. The molecule has 0 saturated heterocycles. The highest BCUT2D eigenvalue weighted by atomic mass is 14.9. The molecule has 2 heterocycles. The van der Waals surface area contributed by atoms with Gasteiger partial charge in [0.2, 0.25) is 0 Å². The van der Waals surface area contributed by atoms with Crippen LogP contribution in [0.15, 0.2) is 44.0 Å². The van der Waals surface area contributed by atoms with Crippen LogP contribution in [-0.2, 0) is 13.5 Å². The highest BCUT2D eigenvalue weighted by molar-refractivity contribution is 5.83. The van der Waals surface area contributed by atoms with Crippen molar-refractivity contribution in [2.24, 2.45) is 7.05 Å². The number of H-pyrrole nitrogens is 1. The van der Waals surface area contributed by atoms with E-state index >= 15 is 0 Å². The van der Waals surface area contributed by atoms with Gasteiger partial charge in [-0.1, -0.05) is 63.1 Å². The van der Waals surface area contributed by atoms with Gasteiger partial charge in [0.1, 0.15) is 0 Å². The van der Waals surface area contributed by atoms with E-state index in [-0.39, 0.29) is 0 Å². The first-order chi connectivity index (χ1) is 13.1. The van der Waals surface area contributed by atoms with Crippen molar-refractivity contribution < 1.29 is 0 Å². The first-order valence-corrected chi connectivity index (χ1v) is 9.36. The van der Waals surface area contributed by atoms with Crippen LogP contribution >= 0.6 is 0 Å². The molecule has 2 nitrogen and oxygen atoms in total. The van der Waals surface area contributed by atoms with Gasteiger partial charge in [0.25, 0.3) is 0 Å². The van der Waals surface area contributed by atoms with Crippen LogP contribution in [0.3, 0.4) is 0 Å². The first kappa shape index (κ1) is 20.3. The van der Waals surface area contributed by atoms with Crippen molar-refractivity contribution in [3.8, 4) is 11.3 Å². The molecule has 1 N–H and O–H groups in total. The van der Waals surface area contributed by atoms with Crippen molar-refractivity contribution in [1.82, 2.24) is 9.55 Å². The van der Waals surface area contributed by atoms with Crippen molar-refractivity contribution in [2.45, 2.75) is 27.2 Å². The molecular formula is C25H30N2. The Labute approximate surface area is 162 Å². The van der Waals surface area contributed by atoms with Gasteiger partial charge < -0.3 is 9.55 Å². The summed E-state index contributed by atoms with van der Waals surface area (Å²) < 4.78 is 2.21. The number of nitrogens with one attached hydrogen (secondary N) is 1. The van der Waals surface area contributed by atoms with E-state index in [1.165, 1.54) is 16.3 Å². The molecule has 0 spiro atoms. The van der Waals surface area contributed by atoms with Gasteiger partial charge in [0.15, 0.2) is 0 Å². The van der Waals surface area contributed by atoms with Gasteiger partial charge in [0, 0.05) is 34.4 Å². The van der Waals surface area contributed by atoms with Gasteiger partial charge in [-0.15, -0.1) is 0 Å².